The van der Waals surface area contributed by atoms with E-state index in [9.17, 15) is 9.18 Å². The maximum atomic E-state index is 12.7. The third-order valence-corrected chi connectivity index (χ3v) is 3.07. The van der Waals surface area contributed by atoms with E-state index in [0.29, 0.717) is 15.6 Å². The van der Waals surface area contributed by atoms with E-state index in [1.807, 2.05) is 0 Å². The maximum Gasteiger partial charge on any atom is 0.308 e. The number of benzene rings is 1. The van der Waals surface area contributed by atoms with Crippen molar-refractivity contribution >= 4 is 17.3 Å². The molecule has 1 aromatic carbocycles. The Hall–Kier alpha value is -1.95. The Balaban J connectivity index is 1.92. The normalized spacial score (nSPS) is 10.3. The fourth-order valence-corrected chi connectivity index (χ4v) is 2.15. The van der Waals surface area contributed by atoms with Crippen molar-refractivity contribution in [3.05, 3.63) is 46.2 Å². The summed E-state index contributed by atoms with van der Waals surface area (Å²) in [5, 5.41) is 9.31. The zero-order valence-corrected chi connectivity index (χ0v) is 10.1. The highest BCUT2D eigenvalue weighted by Crippen LogP contribution is 2.17. The minimum absolute atomic E-state index is 0.0335. The van der Waals surface area contributed by atoms with Gasteiger partial charge in [-0.25, -0.2) is 9.37 Å². The number of halogens is 1. The number of aliphatic carboxylic acids is 1. The van der Waals surface area contributed by atoms with Crippen LogP contribution in [0.5, 0.6) is 5.75 Å². The molecule has 0 fully saturated rings. The van der Waals surface area contributed by atoms with Crippen LogP contribution in [-0.4, -0.2) is 16.1 Å². The van der Waals surface area contributed by atoms with E-state index in [0.717, 1.165) is 0 Å². The summed E-state index contributed by atoms with van der Waals surface area (Å²) in [6.45, 7) is 0.246. The van der Waals surface area contributed by atoms with Gasteiger partial charge in [0.25, 0.3) is 0 Å². The van der Waals surface area contributed by atoms with Crippen LogP contribution in [-0.2, 0) is 17.8 Å². The van der Waals surface area contributed by atoms with Crippen LogP contribution in [0, 0.1) is 5.82 Å². The molecular weight excluding hydrogens is 257 g/mol. The molecule has 2 aromatic rings. The number of carboxylic acid groups (broad SMARTS) is 1. The molecule has 1 N–H and O–H groups in total. The molecule has 0 aliphatic carbocycles. The van der Waals surface area contributed by atoms with Crippen molar-refractivity contribution in [2.45, 2.75) is 13.0 Å². The standard InChI is InChI=1S/C12H10FNO3S/c13-8-1-3-9(4-2-8)17-7-11-14-6-10(18-11)5-12(15)16/h1-4,6H,5,7H2,(H,15,16). The zero-order valence-electron chi connectivity index (χ0n) is 9.30. The average Bonchev–Trinajstić information content (AvgIpc) is 2.75. The number of rotatable bonds is 5. The topological polar surface area (TPSA) is 59.4 Å². The first-order valence-electron chi connectivity index (χ1n) is 5.17. The molecule has 0 amide bonds. The molecule has 0 aliphatic rings. The van der Waals surface area contributed by atoms with Crippen molar-refractivity contribution in [2.24, 2.45) is 0 Å². The Labute approximate surface area is 107 Å². The van der Waals surface area contributed by atoms with Gasteiger partial charge in [0.1, 0.15) is 23.2 Å². The molecule has 0 spiro atoms. The average molecular weight is 267 g/mol. The summed E-state index contributed by atoms with van der Waals surface area (Å²) in [5.74, 6) is -0.656. The van der Waals surface area contributed by atoms with Gasteiger partial charge in [-0.2, -0.15) is 0 Å². The van der Waals surface area contributed by atoms with Crippen molar-refractivity contribution in [3.8, 4) is 5.75 Å². The first-order valence-corrected chi connectivity index (χ1v) is 5.99. The van der Waals surface area contributed by atoms with Crippen LogP contribution in [0.15, 0.2) is 30.5 Å². The van der Waals surface area contributed by atoms with Gasteiger partial charge in [0, 0.05) is 11.1 Å². The molecule has 2 rings (SSSR count). The van der Waals surface area contributed by atoms with E-state index in [1.54, 1.807) is 0 Å². The fraction of sp³-hybridized carbons (Fsp3) is 0.167. The first kappa shape index (κ1) is 12.5. The van der Waals surface area contributed by atoms with Gasteiger partial charge in [0.05, 0.1) is 6.42 Å². The van der Waals surface area contributed by atoms with E-state index in [-0.39, 0.29) is 18.8 Å². The summed E-state index contributed by atoms with van der Waals surface area (Å²) in [4.78, 5) is 15.2. The highest BCUT2D eigenvalue weighted by atomic mass is 32.1. The molecule has 4 nitrogen and oxygen atoms in total. The third-order valence-electron chi connectivity index (χ3n) is 2.10. The van der Waals surface area contributed by atoms with Crippen molar-refractivity contribution in [2.75, 3.05) is 0 Å². The fourth-order valence-electron chi connectivity index (χ4n) is 1.32. The minimum atomic E-state index is -0.885. The molecule has 0 atom stereocenters. The quantitative estimate of drug-likeness (QED) is 0.904. The Morgan fingerprint density at radius 2 is 2.11 bits per heavy atom. The highest BCUT2D eigenvalue weighted by molar-refractivity contribution is 7.11. The Morgan fingerprint density at radius 3 is 2.78 bits per heavy atom. The zero-order chi connectivity index (χ0) is 13.0. The van der Waals surface area contributed by atoms with Gasteiger partial charge in [-0.3, -0.25) is 4.79 Å². The van der Waals surface area contributed by atoms with Crippen LogP contribution in [0.3, 0.4) is 0 Å². The van der Waals surface area contributed by atoms with E-state index >= 15 is 0 Å². The van der Waals surface area contributed by atoms with Crippen LogP contribution in [0.4, 0.5) is 4.39 Å². The predicted octanol–water partition coefficient (Wildman–Crippen LogP) is 2.49. The minimum Gasteiger partial charge on any atom is -0.486 e. The Kier molecular flexibility index (Phi) is 3.88. The number of nitrogens with zero attached hydrogens (tertiary/aromatic N) is 1. The number of carbonyl (C=O) groups is 1. The van der Waals surface area contributed by atoms with Crippen molar-refractivity contribution in [1.29, 1.82) is 0 Å². The Morgan fingerprint density at radius 1 is 1.39 bits per heavy atom. The lowest BCUT2D eigenvalue weighted by molar-refractivity contribution is -0.136. The molecule has 0 saturated carbocycles. The van der Waals surface area contributed by atoms with Crippen LogP contribution in [0.25, 0.3) is 0 Å². The molecule has 0 bridgehead atoms. The lowest BCUT2D eigenvalue weighted by Crippen LogP contribution is -1.97. The number of hydrogen-bond acceptors (Lipinski definition) is 4. The van der Waals surface area contributed by atoms with E-state index in [2.05, 4.69) is 4.98 Å². The Bertz CT molecular complexity index is 539. The second-order valence-electron chi connectivity index (χ2n) is 3.53. The summed E-state index contributed by atoms with van der Waals surface area (Å²) in [6.07, 6.45) is 1.50. The molecular formula is C12H10FNO3S. The summed E-state index contributed by atoms with van der Waals surface area (Å²) < 4.78 is 18.1. The monoisotopic (exact) mass is 267 g/mol. The number of ether oxygens (including phenoxy) is 1. The van der Waals surface area contributed by atoms with Crippen LogP contribution in [0.1, 0.15) is 9.88 Å². The van der Waals surface area contributed by atoms with Crippen molar-refractivity contribution < 1.29 is 19.0 Å². The summed E-state index contributed by atoms with van der Waals surface area (Å²) in [7, 11) is 0. The molecule has 1 heterocycles. The second kappa shape index (κ2) is 5.59. The highest BCUT2D eigenvalue weighted by Gasteiger charge is 2.06. The summed E-state index contributed by atoms with van der Waals surface area (Å²) in [5.41, 5.74) is 0. The SMILES string of the molecule is O=C(O)Cc1cnc(COc2ccc(F)cc2)s1. The second-order valence-corrected chi connectivity index (χ2v) is 4.73. The molecule has 1 aromatic heterocycles. The van der Waals surface area contributed by atoms with Gasteiger partial charge in [-0.1, -0.05) is 0 Å². The molecule has 0 aliphatic heterocycles. The predicted molar refractivity (Wildman–Crippen MR) is 64.2 cm³/mol. The molecule has 18 heavy (non-hydrogen) atoms. The van der Waals surface area contributed by atoms with Gasteiger partial charge in [-0.05, 0) is 24.3 Å². The molecule has 6 heteroatoms. The van der Waals surface area contributed by atoms with E-state index in [4.69, 9.17) is 9.84 Å². The molecule has 0 unspecified atom stereocenters. The molecule has 0 radical (unpaired) electrons. The smallest absolute Gasteiger partial charge is 0.308 e. The largest absolute Gasteiger partial charge is 0.486 e. The third kappa shape index (κ3) is 3.53. The van der Waals surface area contributed by atoms with Gasteiger partial charge in [0.2, 0.25) is 0 Å². The lowest BCUT2D eigenvalue weighted by atomic mass is 10.3. The summed E-state index contributed by atoms with van der Waals surface area (Å²) >= 11 is 1.29. The van der Waals surface area contributed by atoms with Crippen LogP contribution < -0.4 is 4.74 Å². The molecule has 0 saturated heterocycles. The summed E-state index contributed by atoms with van der Waals surface area (Å²) in [6, 6.07) is 5.68. The van der Waals surface area contributed by atoms with E-state index in [1.165, 1.54) is 41.8 Å². The van der Waals surface area contributed by atoms with Gasteiger partial charge >= 0.3 is 5.97 Å². The number of aromatic nitrogens is 1. The number of thiazole rings is 1. The van der Waals surface area contributed by atoms with Crippen LogP contribution >= 0.6 is 11.3 Å². The maximum absolute atomic E-state index is 12.7. The number of carboxylic acids is 1. The van der Waals surface area contributed by atoms with Crippen molar-refractivity contribution in [3.63, 3.8) is 0 Å². The molecule has 94 valence electrons. The number of hydrogen-bond donors (Lipinski definition) is 1. The van der Waals surface area contributed by atoms with Crippen LogP contribution in [0.2, 0.25) is 0 Å². The van der Waals surface area contributed by atoms with Gasteiger partial charge in [-0.15, -0.1) is 11.3 Å². The van der Waals surface area contributed by atoms with Crippen molar-refractivity contribution in [1.82, 2.24) is 4.98 Å². The van der Waals surface area contributed by atoms with E-state index < -0.39 is 5.97 Å². The first-order chi connectivity index (χ1) is 8.63. The van der Waals surface area contributed by atoms with Gasteiger partial charge in [0.15, 0.2) is 0 Å². The lowest BCUT2D eigenvalue weighted by Gasteiger charge is -2.02. The van der Waals surface area contributed by atoms with Gasteiger partial charge < -0.3 is 9.84 Å².